The lowest BCUT2D eigenvalue weighted by Crippen LogP contribution is -2.20. The fourth-order valence-corrected chi connectivity index (χ4v) is 4.33. The van der Waals surface area contributed by atoms with Crippen molar-refractivity contribution in [1.29, 1.82) is 0 Å². The highest BCUT2D eigenvalue weighted by Crippen LogP contribution is 2.36. The first-order valence-electron chi connectivity index (χ1n) is 9.98. The van der Waals surface area contributed by atoms with E-state index in [4.69, 9.17) is 10.1 Å². The van der Waals surface area contributed by atoms with E-state index in [1.54, 1.807) is 23.9 Å². The van der Waals surface area contributed by atoms with Crippen molar-refractivity contribution in [2.24, 2.45) is 0 Å². The van der Waals surface area contributed by atoms with Crippen LogP contribution < -0.4 is 10.8 Å². The van der Waals surface area contributed by atoms with Gasteiger partial charge in [-0.05, 0) is 35.6 Å². The highest BCUT2D eigenvalue weighted by atomic mass is 35.5. The molecule has 4 aromatic rings. The van der Waals surface area contributed by atoms with Crippen molar-refractivity contribution in [2.45, 2.75) is 4.90 Å². The van der Waals surface area contributed by atoms with Crippen molar-refractivity contribution >= 4 is 59.1 Å². The molecule has 0 atom stereocenters. The lowest BCUT2D eigenvalue weighted by atomic mass is 10.0. The van der Waals surface area contributed by atoms with Gasteiger partial charge in [0, 0.05) is 40.5 Å². The molecule has 4 N–H and O–H groups in total. The Kier molecular flexibility index (Phi) is 10.1. The van der Waals surface area contributed by atoms with Gasteiger partial charge in [0.05, 0.1) is 23.4 Å². The molecule has 0 aliphatic rings. The van der Waals surface area contributed by atoms with Crippen LogP contribution in [-0.2, 0) is 0 Å². The number of aliphatic hydroxyl groups is 1. The number of aliphatic hydroxyl groups excluding tert-OH is 1. The van der Waals surface area contributed by atoms with E-state index in [9.17, 15) is 10.0 Å². The standard InChI is InChI=1S/C24H22N4O3S.2ClH/c1-32-23-21(24(30)28-31)19-14-25-11-10-20(19)27-22(23)17-4-2-15(3-5-17)16-6-8-18(9-7-16)26-12-13-29;;/h2-11,14,26,29,31H,12-13H2,1H3,(H,28,30);2*1H. The first kappa shape index (κ1) is 27.4. The number of hydroxylamine groups is 1. The van der Waals surface area contributed by atoms with Gasteiger partial charge in [0.1, 0.15) is 0 Å². The summed E-state index contributed by atoms with van der Waals surface area (Å²) in [5.41, 5.74) is 7.33. The van der Waals surface area contributed by atoms with E-state index in [1.807, 2.05) is 54.8 Å². The van der Waals surface area contributed by atoms with Crippen LogP contribution in [0.3, 0.4) is 0 Å². The molecule has 178 valence electrons. The van der Waals surface area contributed by atoms with Crippen molar-refractivity contribution in [3.8, 4) is 22.4 Å². The third-order valence-electron chi connectivity index (χ3n) is 5.09. The average Bonchev–Trinajstić information content (AvgIpc) is 2.86. The van der Waals surface area contributed by atoms with E-state index in [-0.39, 0.29) is 31.4 Å². The third kappa shape index (κ3) is 5.60. The first-order valence-corrected chi connectivity index (χ1v) is 11.2. The summed E-state index contributed by atoms with van der Waals surface area (Å²) in [7, 11) is 0. The van der Waals surface area contributed by atoms with Gasteiger partial charge >= 0.3 is 0 Å². The summed E-state index contributed by atoms with van der Waals surface area (Å²) in [5.74, 6) is -0.595. The van der Waals surface area contributed by atoms with Gasteiger partial charge in [-0.2, -0.15) is 0 Å². The molecular weight excluding hydrogens is 495 g/mol. The summed E-state index contributed by atoms with van der Waals surface area (Å²) < 4.78 is 0. The van der Waals surface area contributed by atoms with Crippen molar-refractivity contribution in [2.75, 3.05) is 24.7 Å². The minimum atomic E-state index is -0.595. The Morgan fingerprint density at radius 2 is 1.59 bits per heavy atom. The Bertz CT molecular complexity index is 1260. The zero-order chi connectivity index (χ0) is 22.5. The summed E-state index contributed by atoms with van der Waals surface area (Å²) in [6.45, 7) is 0.596. The predicted molar refractivity (Wildman–Crippen MR) is 142 cm³/mol. The van der Waals surface area contributed by atoms with Crippen LogP contribution in [-0.4, -0.2) is 45.6 Å². The number of carbonyl (C=O) groups excluding carboxylic acids is 1. The van der Waals surface area contributed by atoms with Crippen molar-refractivity contribution in [3.05, 3.63) is 72.6 Å². The molecule has 0 aliphatic heterocycles. The van der Waals surface area contributed by atoms with Gasteiger partial charge in [0.2, 0.25) is 0 Å². The van der Waals surface area contributed by atoms with Crippen LogP contribution in [0.2, 0.25) is 0 Å². The van der Waals surface area contributed by atoms with E-state index in [0.29, 0.717) is 33.6 Å². The molecule has 0 fully saturated rings. The molecule has 0 spiro atoms. The number of fused-ring (bicyclic) bond motifs is 1. The van der Waals surface area contributed by atoms with E-state index in [0.717, 1.165) is 22.4 Å². The highest BCUT2D eigenvalue weighted by Gasteiger charge is 2.21. The normalized spacial score (nSPS) is 10.2. The monoisotopic (exact) mass is 518 g/mol. The number of carbonyl (C=O) groups is 1. The zero-order valence-electron chi connectivity index (χ0n) is 18.2. The van der Waals surface area contributed by atoms with Gasteiger partial charge in [-0.15, -0.1) is 36.6 Å². The van der Waals surface area contributed by atoms with Crippen LogP contribution in [0.15, 0.2) is 71.9 Å². The number of thioether (sulfide) groups is 1. The fraction of sp³-hybridized carbons (Fsp3) is 0.125. The van der Waals surface area contributed by atoms with Crippen LogP contribution in [0.1, 0.15) is 10.4 Å². The van der Waals surface area contributed by atoms with Gasteiger partial charge in [0.15, 0.2) is 0 Å². The molecule has 0 saturated carbocycles. The molecule has 0 unspecified atom stereocenters. The predicted octanol–water partition coefficient (Wildman–Crippen LogP) is 5.05. The Hall–Kier alpha value is -2.88. The first-order chi connectivity index (χ1) is 15.7. The van der Waals surface area contributed by atoms with Crippen LogP contribution in [0.25, 0.3) is 33.3 Å². The maximum absolute atomic E-state index is 12.5. The van der Waals surface area contributed by atoms with Gasteiger partial charge in [-0.1, -0.05) is 36.4 Å². The van der Waals surface area contributed by atoms with Crippen LogP contribution >= 0.6 is 36.6 Å². The fourth-order valence-electron chi connectivity index (χ4n) is 3.57. The quantitative estimate of drug-likeness (QED) is 0.154. The van der Waals surface area contributed by atoms with Crippen molar-refractivity contribution in [3.63, 3.8) is 0 Å². The second-order valence-electron chi connectivity index (χ2n) is 7.01. The molecule has 2 heterocycles. The lowest BCUT2D eigenvalue weighted by molar-refractivity contribution is 0.0705. The second-order valence-corrected chi connectivity index (χ2v) is 7.82. The molecular formula is C24H24Cl2N4O3S. The number of aromatic nitrogens is 2. The van der Waals surface area contributed by atoms with Crippen LogP contribution in [0, 0.1) is 0 Å². The molecule has 1 amide bonds. The molecule has 2 aromatic carbocycles. The highest BCUT2D eigenvalue weighted by molar-refractivity contribution is 7.98. The third-order valence-corrected chi connectivity index (χ3v) is 5.90. The number of halogens is 2. The van der Waals surface area contributed by atoms with Crippen LogP contribution in [0.5, 0.6) is 0 Å². The van der Waals surface area contributed by atoms with Crippen molar-refractivity contribution < 1.29 is 15.1 Å². The molecule has 34 heavy (non-hydrogen) atoms. The Balaban J connectivity index is 0.00000204. The summed E-state index contributed by atoms with van der Waals surface area (Å²) in [5, 5.41) is 21.9. The number of hydrogen-bond donors (Lipinski definition) is 4. The number of amides is 1. The molecule has 10 heteroatoms. The zero-order valence-corrected chi connectivity index (χ0v) is 20.6. The topological polar surface area (TPSA) is 107 Å². The molecule has 0 aliphatic carbocycles. The van der Waals surface area contributed by atoms with E-state index < -0.39 is 5.91 Å². The molecule has 0 bridgehead atoms. The van der Waals surface area contributed by atoms with Crippen molar-refractivity contribution in [1.82, 2.24) is 15.4 Å². The van der Waals surface area contributed by atoms with E-state index in [2.05, 4.69) is 10.3 Å². The summed E-state index contributed by atoms with van der Waals surface area (Å²) in [4.78, 5) is 22.0. The van der Waals surface area contributed by atoms with Gasteiger partial charge in [0.25, 0.3) is 5.91 Å². The molecule has 7 nitrogen and oxygen atoms in total. The number of pyridine rings is 2. The maximum atomic E-state index is 12.5. The van der Waals surface area contributed by atoms with E-state index >= 15 is 0 Å². The molecule has 2 aromatic heterocycles. The van der Waals surface area contributed by atoms with Gasteiger partial charge in [-0.3, -0.25) is 15.0 Å². The summed E-state index contributed by atoms with van der Waals surface area (Å²) in [6, 6.07) is 17.7. The maximum Gasteiger partial charge on any atom is 0.276 e. The average molecular weight is 519 g/mol. The number of rotatable bonds is 7. The smallest absolute Gasteiger partial charge is 0.276 e. The van der Waals surface area contributed by atoms with E-state index in [1.165, 1.54) is 11.8 Å². The lowest BCUT2D eigenvalue weighted by Gasteiger charge is -2.15. The van der Waals surface area contributed by atoms with Gasteiger partial charge < -0.3 is 10.4 Å². The number of anilines is 1. The largest absolute Gasteiger partial charge is 0.395 e. The van der Waals surface area contributed by atoms with Gasteiger partial charge in [-0.25, -0.2) is 10.5 Å². The summed E-state index contributed by atoms with van der Waals surface area (Å²) >= 11 is 1.40. The Morgan fingerprint density at radius 3 is 2.18 bits per heavy atom. The number of nitrogens with one attached hydrogen (secondary N) is 2. The number of hydrogen-bond acceptors (Lipinski definition) is 7. The SMILES string of the molecule is CSc1c(-c2ccc(-c3ccc(NCCO)cc3)cc2)nc2ccncc2c1C(=O)NO.Cl.Cl. The minimum absolute atomic E-state index is 0. The molecule has 0 radical (unpaired) electrons. The Morgan fingerprint density at radius 1 is 0.971 bits per heavy atom. The summed E-state index contributed by atoms with van der Waals surface area (Å²) in [6.07, 6.45) is 5.08. The Labute approximate surface area is 213 Å². The second kappa shape index (κ2) is 12.5. The van der Waals surface area contributed by atoms with Crippen LogP contribution in [0.4, 0.5) is 5.69 Å². The number of benzene rings is 2. The molecule has 4 rings (SSSR count). The minimum Gasteiger partial charge on any atom is -0.395 e. The number of nitrogens with zero attached hydrogens (tertiary/aromatic N) is 2. The molecule has 0 saturated heterocycles.